The van der Waals surface area contributed by atoms with E-state index >= 15 is 0 Å². The van der Waals surface area contributed by atoms with E-state index in [9.17, 15) is 19.2 Å². The summed E-state index contributed by atoms with van der Waals surface area (Å²) < 4.78 is 0. The molecule has 4 atom stereocenters. The van der Waals surface area contributed by atoms with E-state index in [-0.39, 0.29) is 11.7 Å². The van der Waals surface area contributed by atoms with Crippen molar-refractivity contribution in [1.82, 2.24) is 20.9 Å². The summed E-state index contributed by atoms with van der Waals surface area (Å²) in [5.74, 6) is -1.57. The summed E-state index contributed by atoms with van der Waals surface area (Å²) in [5, 5.41) is 9.03. The number of aromatic amines is 1. The van der Waals surface area contributed by atoms with Crippen LogP contribution in [0, 0.1) is 5.92 Å². The van der Waals surface area contributed by atoms with Gasteiger partial charge in [-0.15, -0.1) is 0 Å². The third-order valence-electron chi connectivity index (χ3n) is 5.97. The topological polar surface area (TPSA) is 172 Å². The number of unbranched alkanes of at least 4 members (excludes halogenated alkanes) is 1. The van der Waals surface area contributed by atoms with Crippen molar-refractivity contribution in [2.24, 2.45) is 17.4 Å². The summed E-state index contributed by atoms with van der Waals surface area (Å²) in [6.45, 7) is 4.01. The Morgan fingerprint density at radius 2 is 1.78 bits per heavy atom. The molecule has 1 heterocycles. The van der Waals surface area contributed by atoms with Gasteiger partial charge < -0.3 is 37.2 Å². The van der Waals surface area contributed by atoms with Gasteiger partial charge in [-0.25, -0.2) is 0 Å². The standard InChI is InChI=1S/C25H38N6O4S/c1-15(2)22(25(35)29-17(13-32)14-36)31-24(34)21(9-5-6-10-26)30-23(33)19(27)11-16-12-28-20-8-4-3-7-18(16)20/h3-4,7-8,12-13,15,17,19,21-22,28,36H,5-6,9-11,14,26-27H2,1-2H3,(H,29,35)(H,30,33)(H,31,34)/t17-,19-,21+,22+/m1/s1. The van der Waals surface area contributed by atoms with Gasteiger partial charge in [-0.1, -0.05) is 32.0 Å². The van der Waals surface area contributed by atoms with E-state index in [0.717, 1.165) is 16.5 Å². The summed E-state index contributed by atoms with van der Waals surface area (Å²) in [5.41, 5.74) is 13.7. The molecule has 0 spiro atoms. The highest BCUT2D eigenvalue weighted by Crippen LogP contribution is 2.19. The van der Waals surface area contributed by atoms with Crippen molar-refractivity contribution in [2.45, 2.75) is 63.7 Å². The average Bonchev–Trinajstić information content (AvgIpc) is 3.27. The zero-order valence-electron chi connectivity index (χ0n) is 20.8. The largest absolute Gasteiger partial charge is 0.361 e. The van der Waals surface area contributed by atoms with Crippen LogP contribution in [0.5, 0.6) is 0 Å². The molecule has 2 aromatic rings. The SMILES string of the molecule is CC(C)[C@H](NC(=O)[C@H](CCCCN)NC(=O)[C@H](N)Cc1c[nH]c2ccccc12)C(=O)N[C@H](C=O)CS. The lowest BCUT2D eigenvalue weighted by molar-refractivity contribution is -0.133. The molecule has 0 aliphatic carbocycles. The van der Waals surface area contributed by atoms with E-state index in [1.807, 2.05) is 30.5 Å². The van der Waals surface area contributed by atoms with Gasteiger partial charge in [0.2, 0.25) is 17.7 Å². The maximum Gasteiger partial charge on any atom is 0.243 e. The highest BCUT2D eigenvalue weighted by atomic mass is 32.1. The zero-order valence-corrected chi connectivity index (χ0v) is 21.7. The monoisotopic (exact) mass is 518 g/mol. The Hall–Kier alpha value is -2.89. The van der Waals surface area contributed by atoms with Crippen molar-refractivity contribution in [3.63, 3.8) is 0 Å². The first-order valence-electron chi connectivity index (χ1n) is 12.2. The van der Waals surface area contributed by atoms with Crippen molar-refractivity contribution in [3.8, 4) is 0 Å². The fourth-order valence-corrected chi connectivity index (χ4v) is 4.03. The van der Waals surface area contributed by atoms with Crippen LogP contribution in [0.2, 0.25) is 0 Å². The molecule has 1 aromatic heterocycles. The molecule has 36 heavy (non-hydrogen) atoms. The summed E-state index contributed by atoms with van der Waals surface area (Å²) in [7, 11) is 0. The number of rotatable bonds is 15. The molecule has 0 fully saturated rings. The molecule has 10 nitrogen and oxygen atoms in total. The zero-order chi connectivity index (χ0) is 26.7. The highest BCUT2D eigenvalue weighted by Gasteiger charge is 2.30. The van der Waals surface area contributed by atoms with Crippen LogP contribution in [0.15, 0.2) is 30.5 Å². The Bertz CT molecular complexity index is 1030. The molecule has 8 N–H and O–H groups in total. The molecule has 2 rings (SSSR count). The minimum atomic E-state index is -0.895. The molecule has 0 aliphatic rings. The maximum absolute atomic E-state index is 13.2. The van der Waals surface area contributed by atoms with Crippen LogP contribution < -0.4 is 27.4 Å². The minimum absolute atomic E-state index is 0.139. The number of hydrogen-bond donors (Lipinski definition) is 7. The maximum atomic E-state index is 13.2. The Morgan fingerprint density at radius 3 is 2.42 bits per heavy atom. The van der Waals surface area contributed by atoms with Crippen LogP contribution in [0.3, 0.4) is 0 Å². The number of nitrogens with one attached hydrogen (secondary N) is 4. The van der Waals surface area contributed by atoms with E-state index in [4.69, 9.17) is 11.5 Å². The van der Waals surface area contributed by atoms with Crippen LogP contribution in [0.1, 0.15) is 38.7 Å². The third kappa shape index (κ3) is 8.35. The molecular weight excluding hydrogens is 480 g/mol. The Balaban J connectivity index is 2.09. The van der Waals surface area contributed by atoms with Crippen molar-refractivity contribution < 1.29 is 19.2 Å². The van der Waals surface area contributed by atoms with Gasteiger partial charge in [0, 0.05) is 22.9 Å². The summed E-state index contributed by atoms with van der Waals surface area (Å²) in [4.78, 5) is 53.1. The van der Waals surface area contributed by atoms with Crippen molar-refractivity contribution in [3.05, 3.63) is 36.0 Å². The lowest BCUT2D eigenvalue weighted by Crippen LogP contribution is -2.58. The number of hydrogen-bond acceptors (Lipinski definition) is 7. The van der Waals surface area contributed by atoms with Crippen LogP contribution in [0.4, 0.5) is 0 Å². The number of aldehydes is 1. The number of carbonyl (C=O) groups excluding carboxylic acids is 4. The Kier molecular flexibility index (Phi) is 11.9. The van der Waals surface area contributed by atoms with Crippen LogP contribution in [-0.2, 0) is 25.6 Å². The second-order valence-corrected chi connectivity index (χ2v) is 9.54. The number of aromatic nitrogens is 1. The van der Waals surface area contributed by atoms with Crippen molar-refractivity contribution >= 4 is 47.5 Å². The average molecular weight is 519 g/mol. The first kappa shape index (κ1) is 29.3. The predicted molar refractivity (Wildman–Crippen MR) is 143 cm³/mol. The molecule has 0 bridgehead atoms. The molecule has 0 unspecified atom stereocenters. The molecule has 11 heteroatoms. The molecule has 1 aromatic carbocycles. The van der Waals surface area contributed by atoms with E-state index < -0.39 is 41.9 Å². The van der Waals surface area contributed by atoms with Gasteiger partial charge in [0.25, 0.3) is 0 Å². The predicted octanol–water partition coefficient (Wildman–Crippen LogP) is 0.406. The van der Waals surface area contributed by atoms with Gasteiger partial charge in [-0.3, -0.25) is 14.4 Å². The molecule has 0 saturated carbocycles. The van der Waals surface area contributed by atoms with E-state index in [1.54, 1.807) is 13.8 Å². The van der Waals surface area contributed by atoms with Gasteiger partial charge in [0.15, 0.2) is 0 Å². The summed E-state index contributed by atoms with van der Waals surface area (Å²) in [6, 6.07) is 4.31. The van der Waals surface area contributed by atoms with E-state index in [1.165, 1.54) is 0 Å². The molecule has 198 valence electrons. The lowest BCUT2D eigenvalue weighted by Gasteiger charge is -2.26. The number of para-hydroxylation sites is 1. The Labute approximate surface area is 217 Å². The molecule has 0 saturated heterocycles. The van der Waals surface area contributed by atoms with Gasteiger partial charge in [-0.2, -0.15) is 12.6 Å². The summed E-state index contributed by atoms with van der Waals surface area (Å²) in [6.07, 6.45) is 4.34. The second kappa shape index (κ2) is 14.6. The van der Waals surface area contributed by atoms with Gasteiger partial charge in [0.1, 0.15) is 18.4 Å². The number of H-pyrrole nitrogens is 1. The van der Waals surface area contributed by atoms with Crippen LogP contribution in [-0.4, -0.2) is 65.5 Å². The second-order valence-electron chi connectivity index (χ2n) is 9.18. The molecule has 0 radical (unpaired) electrons. The third-order valence-corrected chi connectivity index (χ3v) is 6.36. The minimum Gasteiger partial charge on any atom is -0.361 e. The van der Waals surface area contributed by atoms with Gasteiger partial charge in [0.05, 0.1) is 12.1 Å². The summed E-state index contributed by atoms with van der Waals surface area (Å²) >= 11 is 4.04. The molecular formula is C25H38N6O4S. The normalized spacial score (nSPS) is 14.6. The van der Waals surface area contributed by atoms with E-state index in [2.05, 4.69) is 33.6 Å². The number of nitrogens with two attached hydrogens (primary N) is 2. The van der Waals surface area contributed by atoms with Crippen LogP contribution >= 0.6 is 12.6 Å². The van der Waals surface area contributed by atoms with Crippen molar-refractivity contribution in [1.29, 1.82) is 0 Å². The fourth-order valence-electron chi connectivity index (χ4n) is 3.85. The molecule has 3 amide bonds. The number of carbonyl (C=O) groups is 4. The first-order chi connectivity index (χ1) is 17.2. The molecule has 0 aliphatic heterocycles. The number of fused-ring (bicyclic) bond motifs is 1. The van der Waals surface area contributed by atoms with Gasteiger partial charge >= 0.3 is 0 Å². The lowest BCUT2D eigenvalue weighted by atomic mass is 10.0. The fraction of sp³-hybridized carbons (Fsp3) is 0.520. The number of amides is 3. The van der Waals surface area contributed by atoms with Gasteiger partial charge in [-0.05, 0) is 49.8 Å². The number of thiol groups is 1. The smallest absolute Gasteiger partial charge is 0.243 e. The van der Waals surface area contributed by atoms with Crippen LogP contribution in [0.25, 0.3) is 10.9 Å². The first-order valence-corrected chi connectivity index (χ1v) is 12.8. The van der Waals surface area contributed by atoms with E-state index in [0.29, 0.717) is 38.5 Å². The van der Waals surface area contributed by atoms with Crippen molar-refractivity contribution in [2.75, 3.05) is 12.3 Å². The quantitative estimate of drug-likeness (QED) is 0.102. The number of benzene rings is 1. The highest BCUT2D eigenvalue weighted by molar-refractivity contribution is 7.80. The Morgan fingerprint density at radius 1 is 1.06 bits per heavy atom.